The third-order valence-corrected chi connectivity index (χ3v) is 8.51. The molecule has 1 fully saturated rings. The Bertz CT molecular complexity index is 1540. The molecule has 1 aliphatic carbocycles. The Kier molecular flexibility index (Phi) is 8.41. The van der Waals surface area contributed by atoms with Gasteiger partial charge in [0.25, 0.3) is 0 Å². The Labute approximate surface area is 255 Å². The second-order valence-electron chi connectivity index (χ2n) is 12.4. The summed E-state index contributed by atoms with van der Waals surface area (Å²) in [6.45, 7) is 14.7. The number of terminal acetylenes is 1. The van der Waals surface area contributed by atoms with E-state index in [0.29, 0.717) is 32.7 Å². The van der Waals surface area contributed by atoms with Crippen LogP contribution in [0.1, 0.15) is 65.6 Å². The monoisotopic (exact) mass is 579 g/mol. The lowest BCUT2D eigenvalue weighted by Gasteiger charge is -2.38. The van der Waals surface area contributed by atoms with Crippen LogP contribution in [-0.2, 0) is 16.0 Å². The number of carbonyl (C=O) groups is 2. The van der Waals surface area contributed by atoms with E-state index < -0.39 is 11.7 Å². The molecule has 1 N–H and O–H groups in total. The van der Waals surface area contributed by atoms with Crippen LogP contribution < -0.4 is 10.2 Å². The lowest BCUT2D eigenvalue weighted by atomic mass is 9.90. The van der Waals surface area contributed by atoms with Crippen LogP contribution in [0.4, 0.5) is 15.3 Å². The van der Waals surface area contributed by atoms with Crippen molar-refractivity contribution in [2.75, 3.05) is 37.7 Å². The summed E-state index contributed by atoms with van der Waals surface area (Å²) in [6, 6.07) is 16.6. The van der Waals surface area contributed by atoms with Crippen LogP contribution in [-0.4, -0.2) is 55.5 Å². The molecule has 2 amide bonds. The van der Waals surface area contributed by atoms with Gasteiger partial charge in [0, 0.05) is 49.9 Å². The number of anilines is 1. The minimum Gasteiger partial charge on any atom is -0.449 e. The van der Waals surface area contributed by atoms with Crippen molar-refractivity contribution in [1.82, 2.24) is 10.2 Å². The molecule has 3 aromatic carbocycles. The molecule has 0 spiro atoms. The van der Waals surface area contributed by atoms with Gasteiger partial charge in [-0.1, -0.05) is 54.5 Å². The van der Waals surface area contributed by atoms with Crippen LogP contribution in [0.25, 0.3) is 11.1 Å². The Morgan fingerprint density at radius 3 is 2.05 bits per heavy atom. The summed E-state index contributed by atoms with van der Waals surface area (Å²) >= 11 is 0. The van der Waals surface area contributed by atoms with Crippen LogP contribution in [0.5, 0.6) is 0 Å². The summed E-state index contributed by atoms with van der Waals surface area (Å²) in [5.41, 5.74) is 10.2. The number of fused-ring (bicyclic) bond motifs is 3. The molecule has 1 aliphatic heterocycles. The lowest BCUT2D eigenvalue weighted by molar-refractivity contribution is 0.0240. The van der Waals surface area contributed by atoms with Crippen LogP contribution in [0, 0.1) is 33.1 Å². The summed E-state index contributed by atoms with van der Waals surface area (Å²) in [4.78, 5) is 29.6. The van der Waals surface area contributed by atoms with E-state index in [1.165, 1.54) is 22.3 Å². The molecular formula is C36H41N3O4. The first kappa shape index (κ1) is 30.0. The quantitative estimate of drug-likeness (QED) is 0.341. The zero-order valence-corrected chi connectivity index (χ0v) is 26.0. The maximum atomic E-state index is 13.0. The highest BCUT2D eigenvalue weighted by Crippen LogP contribution is 2.44. The van der Waals surface area contributed by atoms with Gasteiger partial charge in [0.2, 0.25) is 0 Å². The summed E-state index contributed by atoms with van der Waals surface area (Å²) in [7, 11) is 0. The summed E-state index contributed by atoms with van der Waals surface area (Å²) in [5.74, 6) is 2.88. The summed E-state index contributed by atoms with van der Waals surface area (Å²) < 4.78 is 11.4. The molecular weight excluding hydrogens is 538 g/mol. The number of nitrogens with one attached hydrogen (secondary N) is 1. The van der Waals surface area contributed by atoms with E-state index in [4.69, 9.17) is 15.9 Å². The van der Waals surface area contributed by atoms with Crippen LogP contribution in [0.15, 0.2) is 48.5 Å². The zero-order chi connectivity index (χ0) is 30.9. The molecule has 7 heteroatoms. The van der Waals surface area contributed by atoms with Crippen LogP contribution in [0.2, 0.25) is 0 Å². The Morgan fingerprint density at radius 1 is 0.907 bits per heavy atom. The van der Waals surface area contributed by atoms with Gasteiger partial charge in [0.05, 0.1) is 0 Å². The van der Waals surface area contributed by atoms with Gasteiger partial charge < -0.3 is 24.6 Å². The Balaban J connectivity index is 1.28. The molecule has 0 saturated carbocycles. The second kappa shape index (κ2) is 12.0. The number of ether oxygens (including phenoxy) is 2. The topological polar surface area (TPSA) is 71.1 Å². The van der Waals surface area contributed by atoms with Crippen molar-refractivity contribution in [3.8, 4) is 23.5 Å². The van der Waals surface area contributed by atoms with E-state index in [-0.39, 0.29) is 18.6 Å². The molecule has 0 unspecified atom stereocenters. The van der Waals surface area contributed by atoms with Crippen molar-refractivity contribution in [2.45, 2.75) is 59.6 Å². The van der Waals surface area contributed by atoms with Gasteiger partial charge in [0.15, 0.2) is 0 Å². The van der Waals surface area contributed by atoms with Crippen molar-refractivity contribution < 1.29 is 19.1 Å². The molecule has 0 atom stereocenters. The van der Waals surface area contributed by atoms with Crippen molar-refractivity contribution in [2.24, 2.45) is 0 Å². The molecule has 0 aromatic heterocycles. The largest absolute Gasteiger partial charge is 0.449 e. The number of alkyl carbamates (subject to hydrolysis) is 1. The summed E-state index contributed by atoms with van der Waals surface area (Å²) in [6.07, 6.45) is 5.24. The van der Waals surface area contributed by atoms with E-state index in [0.717, 1.165) is 33.5 Å². The predicted molar refractivity (Wildman–Crippen MR) is 171 cm³/mol. The third kappa shape index (κ3) is 6.06. The third-order valence-electron chi connectivity index (χ3n) is 8.51. The fraction of sp³-hybridized carbons (Fsp3) is 0.389. The lowest BCUT2D eigenvalue weighted by Crippen LogP contribution is -2.50. The fourth-order valence-electron chi connectivity index (χ4n) is 6.46. The Hall–Kier alpha value is -4.44. The first-order valence-corrected chi connectivity index (χ1v) is 14.9. The molecule has 43 heavy (non-hydrogen) atoms. The first-order valence-electron chi connectivity index (χ1n) is 14.9. The number of benzene rings is 3. The molecule has 224 valence electrons. The number of nitrogens with zero attached hydrogens (tertiary/aromatic N) is 2. The number of piperazine rings is 1. The van der Waals surface area contributed by atoms with Gasteiger partial charge >= 0.3 is 12.2 Å². The van der Waals surface area contributed by atoms with Gasteiger partial charge in [-0.2, -0.15) is 0 Å². The van der Waals surface area contributed by atoms with Gasteiger partial charge in [-0.05, 0) is 86.1 Å². The number of carbonyl (C=O) groups excluding carboxylic acids is 2. The molecule has 1 heterocycles. The van der Waals surface area contributed by atoms with Crippen molar-refractivity contribution in [3.63, 3.8) is 0 Å². The van der Waals surface area contributed by atoms with Gasteiger partial charge in [-0.15, -0.1) is 6.42 Å². The molecule has 1 saturated heterocycles. The van der Waals surface area contributed by atoms with E-state index in [9.17, 15) is 9.59 Å². The van der Waals surface area contributed by atoms with E-state index in [1.54, 1.807) is 4.90 Å². The minimum absolute atomic E-state index is 0.00000968. The molecule has 5 rings (SSSR count). The van der Waals surface area contributed by atoms with E-state index >= 15 is 0 Å². The minimum atomic E-state index is -0.533. The SMILES string of the molecule is C#Cc1c(C)c(CNC(=O)OCC2c3ccccc3-c3ccccc32)c(C)c(N2CCN(C(=O)OC(C)(C)C)CC2)c1C. The predicted octanol–water partition coefficient (Wildman–Crippen LogP) is 6.69. The zero-order valence-electron chi connectivity index (χ0n) is 26.0. The smallest absolute Gasteiger partial charge is 0.410 e. The Morgan fingerprint density at radius 2 is 1.49 bits per heavy atom. The average molecular weight is 580 g/mol. The van der Waals surface area contributed by atoms with E-state index in [1.807, 2.05) is 58.9 Å². The van der Waals surface area contributed by atoms with Crippen molar-refractivity contribution in [3.05, 3.63) is 87.5 Å². The number of amides is 2. The van der Waals surface area contributed by atoms with Crippen LogP contribution >= 0.6 is 0 Å². The van der Waals surface area contributed by atoms with Crippen molar-refractivity contribution >= 4 is 17.9 Å². The highest BCUT2D eigenvalue weighted by atomic mass is 16.6. The molecule has 0 radical (unpaired) electrons. The van der Waals surface area contributed by atoms with Gasteiger partial charge in [-0.25, -0.2) is 9.59 Å². The molecule has 0 bridgehead atoms. The maximum absolute atomic E-state index is 13.0. The molecule has 3 aromatic rings. The standard InChI is InChI=1S/C36H41N3O4/c1-8-26-23(2)31(25(4)33(24(26)3)38-17-19-39(20-18-38)35(41)43-36(5,6)7)21-37-34(40)42-22-32-29-15-11-9-13-27(29)28-14-10-12-16-30(28)32/h1,9-16,32H,17-22H2,2-7H3,(H,37,40). The van der Waals surface area contributed by atoms with Crippen molar-refractivity contribution in [1.29, 1.82) is 0 Å². The summed E-state index contributed by atoms with van der Waals surface area (Å²) in [5, 5.41) is 2.98. The number of hydrogen-bond donors (Lipinski definition) is 1. The maximum Gasteiger partial charge on any atom is 0.410 e. The second-order valence-corrected chi connectivity index (χ2v) is 12.4. The highest BCUT2D eigenvalue weighted by molar-refractivity contribution is 5.79. The van der Waals surface area contributed by atoms with E-state index in [2.05, 4.69) is 47.3 Å². The highest BCUT2D eigenvalue weighted by Gasteiger charge is 2.30. The first-order chi connectivity index (χ1) is 20.5. The van der Waals surface area contributed by atoms with Gasteiger partial charge in [0.1, 0.15) is 12.2 Å². The molecule has 2 aliphatic rings. The van der Waals surface area contributed by atoms with Gasteiger partial charge in [-0.3, -0.25) is 0 Å². The fourth-order valence-corrected chi connectivity index (χ4v) is 6.46. The average Bonchev–Trinajstić information content (AvgIpc) is 3.29. The molecule has 7 nitrogen and oxygen atoms in total. The number of rotatable bonds is 5. The number of hydrogen-bond acceptors (Lipinski definition) is 5. The normalized spacial score (nSPS) is 14.5. The van der Waals surface area contributed by atoms with Crippen LogP contribution in [0.3, 0.4) is 0 Å².